The van der Waals surface area contributed by atoms with Gasteiger partial charge in [-0.2, -0.15) is 0 Å². The van der Waals surface area contributed by atoms with Gasteiger partial charge in [0.1, 0.15) is 5.01 Å². The Hall–Kier alpha value is -1.67. The van der Waals surface area contributed by atoms with Gasteiger partial charge in [0.2, 0.25) is 0 Å². The summed E-state index contributed by atoms with van der Waals surface area (Å²) >= 11 is 1.23. The highest BCUT2D eigenvalue weighted by Crippen LogP contribution is 2.26. The standard InChI is InChI=1S/C12H15N3O4S/c16-11(17)9-6-20-10(14-9)3-13-12(18)15-4-7-1-2-8(5-15)19-7/h6-8H,1-5H2,(H,13,18)(H,16,17). The highest BCUT2D eigenvalue weighted by atomic mass is 32.1. The van der Waals surface area contributed by atoms with Crippen LogP contribution in [0.5, 0.6) is 0 Å². The molecule has 2 bridgehead atoms. The van der Waals surface area contributed by atoms with E-state index in [2.05, 4.69) is 10.3 Å². The van der Waals surface area contributed by atoms with Crippen LogP contribution in [0, 0.1) is 0 Å². The molecule has 108 valence electrons. The Kier molecular flexibility index (Phi) is 3.58. The molecule has 2 fully saturated rings. The van der Waals surface area contributed by atoms with Crippen molar-refractivity contribution < 1.29 is 19.4 Å². The summed E-state index contributed by atoms with van der Waals surface area (Å²) in [4.78, 5) is 28.5. The summed E-state index contributed by atoms with van der Waals surface area (Å²) < 4.78 is 5.67. The van der Waals surface area contributed by atoms with E-state index in [1.807, 2.05) is 0 Å². The maximum Gasteiger partial charge on any atom is 0.355 e. The minimum absolute atomic E-state index is 0.0173. The Morgan fingerprint density at radius 1 is 1.45 bits per heavy atom. The predicted molar refractivity (Wildman–Crippen MR) is 70.8 cm³/mol. The van der Waals surface area contributed by atoms with E-state index in [1.54, 1.807) is 4.90 Å². The van der Waals surface area contributed by atoms with E-state index in [4.69, 9.17) is 9.84 Å². The van der Waals surface area contributed by atoms with Crippen LogP contribution < -0.4 is 5.32 Å². The average molecular weight is 297 g/mol. The van der Waals surface area contributed by atoms with Gasteiger partial charge in [-0.05, 0) is 12.8 Å². The van der Waals surface area contributed by atoms with Gasteiger partial charge in [0.25, 0.3) is 0 Å². The van der Waals surface area contributed by atoms with Crippen molar-refractivity contribution >= 4 is 23.3 Å². The third-order valence-electron chi connectivity index (χ3n) is 3.49. The number of thiazole rings is 1. The molecule has 2 saturated heterocycles. The molecule has 7 nitrogen and oxygen atoms in total. The number of morpholine rings is 1. The number of carboxylic acids is 1. The number of likely N-dealkylation sites (tertiary alicyclic amines) is 1. The van der Waals surface area contributed by atoms with Crippen LogP contribution in [0.3, 0.4) is 0 Å². The number of nitrogens with zero attached hydrogens (tertiary/aromatic N) is 2. The molecule has 2 aliphatic rings. The average Bonchev–Trinajstić information content (AvgIpc) is 3.03. The fourth-order valence-corrected chi connectivity index (χ4v) is 3.24. The monoisotopic (exact) mass is 297 g/mol. The van der Waals surface area contributed by atoms with Crippen LogP contribution in [0.2, 0.25) is 0 Å². The van der Waals surface area contributed by atoms with Crippen molar-refractivity contribution in [2.75, 3.05) is 13.1 Å². The van der Waals surface area contributed by atoms with E-state index in [0.717, 1.165) is 12.8 Å². The fraction of sp³-hybridized carbons (Fsp3) is 0.583. The van der Waals surface area contributed by atoms with Gasteiger partial charge in [-0.1, -0.05) is 0 Å². The number of carboxylic acid groups (broad SMARTS) is 1. The number of hydrogen-bond acceptors (Lipinski definition) is 5. The minimum Gasteiger partial charge on any atom is -0.476 e. The van der Waals surface area contributed by atoms with Crippen molar-refractivity contribution in [1.29, 1.82) is 0 Å². The third-order valence-corrected chi connectivity index (χ3v) is 4.34. The molecular weight excluding hydrogens is 282 g/mol. The SMILES string of the molecule is O=C(O)c1csc(CNC(=O)N2CC3CCC(C2)O3)n1. The molecule has 2 atom stereocenters. The molecule has 0 saturated carbocycles. The molecule has 1 aromatic rings. The lowest BCUT2D eigenvalue weighted by atomic mass is 10.2. The summed E-state index contributed by atoms with van der Waals surface area (Å²) in [5.74, 6) is -1.05. The molecule has 1 aromatic heterocycles. The number of rotatable bonds is 3. The summed E-state index contributed by atoms with van der Waals surface area (Å²) in [5.41, 5.74) is 0.0173. The van der Waals surface area contributed by atoms with Crippen LogP contribution in [-0.4, -0.2) is 52.3 Å². The Balaban J connectivity index is 1.52. The van der Waals surface area contributed by atoms with E-state index < -0.39 is 5.97 Å². The number of fused-ring (bicyclic) bond motifs is 2. The number of nitrogens with one attached hydrogen (secondary N) is 1. The van der Waals surface area contributed by atoms with E-state index in [1.165, 1.54) is 16.7 Å². The van der Waals surface area contributed by atoms with Crippen molar-refractivity contribution in [2.24, 2.45) is 0 Å². The second-order valence-corrected chi connectivity index (χ2v) is 5.90. The molecule has 0 aromatic carbocycles. The first-order valence-electron chi connectivity index (χ1n) is 6.48. The van der Waals surface area contributed by atoms with E-state index >= 15 is 0 Å². The number of aromatic carboxylic acids is 1. The molecule has 2 unspecified atom stereocenters. The predicted octanol–water partition coefficient (Wildman–Crippen LogP) is 0.914. The van der Waals surface area contributed by atoms with Crippen molar-refractivity contribution in [3.05, 3.63) is 16.1 Å². The van der Waals surface area contributed by atoms with Crippen molar-refractivity contribution in [2.45, 2.75) is 31.6 Å². The van der Waals surface area contributed by atoms with Crippen LogP contribution in [0.1, 0.15) is 28.3 Å². The summed E-state index contributed by atoms with van der Waals surface area (Å²) in [6.45, 7) is 1.50. The number of carbonyl (C=O) groups excluding carboxylic acids is 1. The molecule has 20 heavy (non-hydrogen) atoms. The second-order valence-electron chi connectivity index (χ2n) is 4.95. The Bertz CT molecular complexity index is 521. The molecule has 0 radical (unpaired) electrons. The smallest absolute Gasteiger partial charge is 0.355 e. The van der Waals surface area contributed by atoms with Crippen LogP contribution in [0.25, 0.3) is 0 Å². The molecule has 8 heteroatoms. The van der Waals surface area contributed by atoms with Gasteiger partial charge in [-0.3, -0.25) is 0 Å². The van der Waals surface area contributed by atoms with Gasteiger partial charge < -0.3 is 20.1 Å². The molecule has 0 spiro atoms. The van der Waals surface area contributed by atoms with E-state index in [0.29, 0.717) is 18.1 Å². The lowest BCUT2D eigenvalue weighted by Gasteiger charge is -2.32. The molecule has 3 rings (SSSR count). The molecule has 2 N–H and O–H groups in total. The molecule has 2 amide bonds. The third kappa shape index (κ3) is 2.75. The van der Waals surface area contributed by atoms with Gasteiger partial charge in [-0.25, -0.2) is 14.6 Å². The number of hydrogen-bond donors (Lipinski definition) is 2. The van der Waals surface area contributed by atoms with Gasteiger partial charge >= 0.3 is 12.0 Å². The zero-order chi connectivity index (χ0) is 14.1. The van der Waals surface area contributed by atoms with E-state index in [-0.39, 0.29) is 30.5 Å². The van der Waals surface area contributed by atoms with Gasteiger partial charge in [0.15, 0.2) is 5.69 Å². The highest BCUT2D eigenvalue weighted by molar-refractivity contribution is 7.09. The number of carbonyl (C=O) groups is 2. The van der Waals surface area contributed by atoms with Crippen LogP contribution in [-0.2, 0) is 11.3 Å². The van der Waals surface area contributed by atoms with Crippen LogP contribution in [0.4, 0.5) is 4.79 Å². The van der Waals surface area contributed by atoms with Gasteiger partial charge in [-0.15, -0.1) is 11.3 Å². The minimum atomic E-state index is -1.05. The summed E-state index contributed by atoms with van der Waals surface area (Å²) in [7, 11) is 0. The normalized spacial score (nSPS) is 24.7. The molecule has 2 aliphatic heterocycles. The fourth-order valence-electron chi connectivity index (χ4n) is 2.53. The molecule has 0 aliphatic carbocycles. The first-order valence-corrected chi connectivity index (χ1v) is 7.35. The topological polar surface area (TPSA) is 91.8 Å². The van der Waals surface area contributed by atoms with E-state index in [9.17, 15) is 9.59 Å². The lowest BCUT2D eigenvalue weighted by molar-refractivity contribution is -0.0238. The molecular formula is C12H15N3O4S. The first-order chi connectivity index (χ1) is 9.61. The van der Waals surface area contributed by atoms with Crippen LogP contribution >= 0.6 is 11.3 Å². The van der Waals surface area contributed by atoms with Crippen molar-refractivity contribution in [1.82, 2.24) is 15.2 Å². The summed E-state index contributed by atoms with van der Waals surface area (Å²) in [5, 5.41) is 13.6. The lowest BCUT2D eigenvalue weighted by Crippen LogP contribution is -2.49. The number of ether oxygens (including phenoxy) is 1. The number of aromatic nitrogens is 1. The largest absolute Gasteiger partial charge is 0.476 e. The zero-order valence-corrected chi connectivity index (χ0v) is 11.6. The van der Waals surface area contributed by atoms with Crippen molar-refractivity contribution in [3.8, 4) is 0 Å². The second kappa shape index (κ2) is 5.37. The summed E-state index contributed by atoms with van der Waals surface area (Å²) in [6.07, 6.45) is 2.36. The quantitative estimate of drug-likeness (QED) is 0.865. The van der Waals surface area contributed by atoms with Gasteiger partial charge in [0, 0.05) is 18.5 Å². The first kappa shape index (κ1) is 13.3. The maximum atomic E-state index is 12.1. The molecule has 3 heterocycles. The Labute approximate surface area is 119 Å². The summed E-state index contributed by atoms with van der Waals surface area (Å²) in [6, 6.07) is -0.141. The Morgan fingerprint density at radius 3 is 2.75 bits per heavy atom. The number of amides is 2. The van der Waals surface area contributed by atoms with Crippen molar-refractivity contribution in [3.63, 3.8) is 0 Å². The maximum absolute atomic E-state index is 12.1. The Morgan fingerprint density at radius 2 is 2.15 bits per heavy atom. The van der Waals surface area contributed by atoms with Gasteiger partial charge in [0.05, 0.1) is 18.8 Å². The highest BCUT2D eigenvalue weighted by Gasteiger charge is 2.35. The zero-order valence-electron chi connectivity index (χ0n) is 10.7. The van der Waals surface area contributed by atoms with Crippen LogP contribution in [0.15, 0.2) is 5.38 Å². The number of urea groups is 1.